The lowest BCUT2D eigenvalue weighted by Crippen LogP contribution is -2.40. The first-order valence-electron chi connectivity index (χ1n) is 7.98. The molecule has 1 heterocycles. The third-order valence-electron chi connectivity index (χ3n) is 3.25. The van der Waals surface area contributed by atoms with Crippen LogP contribution in [-0.2, 0) is 11.0 Å². The molecule has 1 aromatic heterocycles. The predicted octanol–water partition coefficient (Wildman–Crippen LogP) is 2.80. The van der Waals surface area contributed by atoms with Gasteiger partial charge in [0, 0.05) is 23.7 Å². The summed E-state index contributed by atoms with van der Waals surface area (Å²) in [6, 6.07) is 5.68. The number of alkyl halides is 3. The highest BCUT2D eigenvalue weighted by molar-refractivity contribution is 5.94. The van der Waals surface area contributed by atoms with Crippen molar-refractivity contribution in [3.8, 4) is 11.4 Å². The summed E-state index contributed by atoms with van der Waals surface area (Å²) in [5, 5.41) is 6.07. The molecule has 1 unspecified atom stereocenters. The molecule has 1 amide bonds. The summed E-state index contributed by atoms with van der Waals surface area (Å²) < 4.78 is 41.6. The largest absolute Gasteiger partial charge is 0.471 e. The summed E-state index contributed by atoms with van der Waals surface area (Å²) in [7, 11) is 0. The molecule has 0 aliphatic carbocycles. The van der Waals surface area contributed by atoms with E-state index >= 15 is 0 Å². The number of nitrogens with zero attached hydrogens (tertiary/aromatic N) is 2. The SMILES string of the molecule is CCCONCC(C)NC(=O)c1ccc(-c2noc(C(F)(F)F)n2)cc1. The van der Waals surface area contributed by atoms with E-state index in [0.29, 0.717) is 24.3 Å². The van der Waals surface area contributed by atoms with Crippen LogP contribution >= 0.6 is 0 Å². The lowest BCUT2D eigenvalue weighted by atomic mass is 10.1. The van der Waals surface area contributed by atoms with Crippen LogP contribution in [0.25, 0.3) is 11.4 Å². The lowest BCUT2D eigenvalue weighted by molar-refractivity contribution is -0.159. The van der Waals surface area contributed by atoms with Gasteiger partial charge in [-0.05, 0) is 25.5 Å². The quantitative estimate of drug-likeness (QED) is 0.547. The van der Waals surface area contributed by atoms with Crippen molar-refractivity contribution in [2.75, 3.05) is 13.2 Å². The van der Waals surface area contributed by atoms with Crippen LogP contribution in [0.15, 0.2) is 28.8 Å². The average molecular weight is 372 g/mol. The number of rotatable bonds is 8. The number of hydroxylamine groups is 1. The maximum atomic E-state index is 12.5. The molecule has 2 rings (SSSR count). The van der Waals surface area contributed by atoms with Gasteiger partial charge in [-0.15, -0.1) is 0 Å². The van der Waals surface area contributed by atoms with E-state index < -0.39 is 12.1 Å². The number of halogens is 3. The zero-order chi connectivity index (χ0) is 19.2. The Morgan fingerprint density at radius 1 is 1.31 bits per heavy atom. The Morgan fingerprint density at radius 3 is 2.58 bits per heavy atom. The van der Waals surface area contributed by atoms with E-state index in [-0.39, 0.29) is 17.8 Å². The monoisotopic (exact) mass is 372 g/mol. The van der Waals surface area contributed by atoms with Crippen LogP contribution in [0.1, 0.15) is 36.5 Å². The summed E-state index contributed by atoms with van der Waals surface area (Å²) in [5.41, 5.74) is 3.42. The summed E-state index contributed by atoms with van der Waals surface area (Å²) in [6.07, 6.45) is -3.82. The number of benzene rings is 1. The van der Waals surface area contributed by atoms with E-state index in [9.17, 15) is 18.0 Å². The number of hydrogen-bond acceptors (Lipinski definition) is 6. The van der Waals surface area contributed by atoms with Gasteiger partial charge in [-0.3, -0.25) is 4.79 Å². The first-order chi connectivity index (χ1) is 12.3. The number of carbonyl (C=O) groups excluding carboxylic acids is 1. The normalized spacial score (nSPS) is 12.8. The molecule has 7 nitrogen and oxygen atoms in total. The lowest BCUT2D eigenvalue weighted by Gasteiger charge is -2.14. The maximum Gasteiger partial charge on any atom is 0.471 e. The van der Waals surface area contributed by atoms with Gasteiger partial charge < -0.3 is 14.7 Å². The first-order valence-corrected chi connectivity index (χ1v) is 7.98. The molecule has 0 saturated carbocycles. The highest BCUT2D eigenvalue weighted by atomic mass is 19.4. The Bertz CT molecular complexity index is 716. The number of hydrogen-bond donors (Lipinski definition) is 2. The Balaban J connectivity index is 1.94. The van der Waals surface area contributed by atoms with Gasteiger partial charge >= 0.3 is 12.1 Å². The number of carbonyl (C=O) groups is 1. The summed E-state index contributed by atoms with van der Waals surface area (Å²) in [4.78, 5) is 20.6. The van der Waals surface area contributed by atoms with Crippen molar-refractivity contribution in [3.63, 3.8) is 0 Å². The molecule has 0 spiro atoms. The number of amides is 1. The van der Waals surface area contributed by atoms with Gasteiger partial charge in [-0.25, -0.2) is 5.48 Å². The van der Waals surface area contributed by atoms with Crippen molar-refractivity contribution in [2.24, 2.45) is 0 Å². The smallest absolute Gasteiger partial charge is 0.348 e. The van der Waals surface area contributed by atoms with Gasteiger partial charge in [0.2, 0.25) is 5.82 Å². The molecule has 1 aromatic carbocycles. The third-order valence-corrected chi connectivity index (χ3v) is 3.25. The molecule has 0 saturated heterocycles. The second-order valence-electron chi connectivity index (χ2n) is 5.57. The summed E-state index contributed by atoms with van der Waals surface area (Å²) in [6.45, 7) is 4.81. The van der Waals surface area contributed by atoms with Crippen molar-refractivity contribution >= 4 is 5.91 Å². The number of aromatic nitrogens is 2. The van der Waals surface area contributed by atoms with Gasteiger partial charge in [0.05, 0.1) is 6.61 Å². The minimum absolute atomic E-state index is 0.175. The summed E-state index contributed by atoms with van der Waals surface area (Å²) in [5.74, 6) is -1.93. The van der Waals surface area contributed by atoms with Crippen LogP contribution in [0, 0.1) is 0 Å². The highest BCUT2D eigenvalue weighted by Gasteiger charge is 2.38. The second-order valence-corrected chi connectivity index (χ2v) is 5.57. The van der Waals surface area contributed by atoms with Gasteiger partial charge in [-0.2, -0.15) is 18.2 Å². The van der Waals surface area contributed by atoms with Crippen LogP contribution in [0.5, 0.6) is 0 Å². The van der Waals surface area contributed by atoms with Crippen LogP contribution in [0.4, 0.5) is 13.2 Å². The van der Waals surface area contributed by atoms with Gasteiger partial charge in [0.15, 0.2) is 0 Å². The van der Waals surface area contributed by atoms with Crippen molar-refractivity contribution in [1.29, 1.82) is 0 Å². The summed E-state index contributed by atoms with van der Waals surface area (Å²) >= 11 is 0. The Kier molecular flexibility index (Phi) is 6.70. The molecule has 26 heavy (non-hydrogen) atoms. The first kappa shape index (κ1) is 19.9. The molecular weight excluding hydrogens is 353 g/mol. The molecule has 1 atom stereocenters. The molecule has 142 valence electrons. The molecule has 0 fully saturated rings. The van der Waals surface area contributed by atoms with Crippen molar-refractivity contribution in [2.45, 2.75) is 32.5 Å². The van der Waals surface area contributed by atoms with E-state index in [1.807, 2.05) is 13.8 Å². The molecule has 0 aliphatic rings. The fourth-order valence-electron chi connectivity index (χ4n) is 1.94. The predicted molar refractivity (Wildman–Crippen MR) is 85.9 cm³/mol. The Hall–Kier alpha value is -2.46. The topological polar surface area (TPSA) is 89.3 Å². The van der Waals surface area contributed by atoms with Crippen LogP contribution in [0.3, 0.4) is 0 Å². The van der Waals surface area contributed by atoms with Gasteiger partial charge in [0.25, 0.3) is 5.91 Å². The van der Waals surface area contributed by atoms with Crippen molar-refractivity contribution < 1.29 is 27.3 Å². The molecule has 2 N–H and O–H groups in total. The zero-order valence-electron chi connectivity index (χ0n) is 14.3. The minimum atomic E-state index is -4.70. The molecule has 0 aliphatic heterocycles. The van der Waals surface area contributed by atoms with E-state index in [4.69, 9.17) is 4.84 Å². The van der Waals surface area contributed by atoms with Crippen molar-refractivity contribution in [1.82, 2.24) is 20.9 Å². The molecular formula is C16H19F3N4O3. The molecule has 0 bridgehead atoms. The molecule has 0 radical (unpaired) electrons. The van der Waals surface area contributed by atoms with E-state index in [2.05, 4.69) is 25.5 Å². The van der Waals surface area contributed by atoms with Crippen molar-refractivity contribution in [3.05, 3.63) is 35.7 Å². The van der Waals surface area contributed by atoms with E-state index in [0.717, 1.165) is 6.42 Å². The second kappa shape index (κ2) is 8.77. The van der Waals surface area contributed by atoms with E-state index in [1.54, 1.807) is 0 Å². The maximum absolute atomic E-state index is 12.5. The fraction of sp³-hybridized carbons (Fsp3) is 0.438. The Morgan fingerprint density at radius 2 is 2.00 bits per heavy atom. The fourth-order valence-corrected chi connectivity index (χ4v) is 1.94. The van der Waals surface area contributed by atoms with Gasteiger partial charge in [-0.1, -0.05) is 24.2 Å². The van der Waals surface area contributed by atoms with E-state index in [1.165, 1.54) is 24.3 Å². The third kappa shape index (κ3) is 5.53. The van der Waals surface area contributed by atoms with Crippen LogP contribution in [-0.4, -0.2) is 35.2 Å². The Labute approximate surface area is 147 Å². The van der Waals surface area contributed by atoms with Gasteiger partial charge in [0.1, 0.15) is 0 Å². The number of nitrogens with one attached hydrogen (secondary N) is 2. The van der Waals surface area contributed by atoms with Crippen LogP contribution < -0.4 is 10.8 Å². The molecule has 10 heteroatoms. The highest BCUT2D eigenvalue weighted by Crippen LogP contribution is 2.29. The average Bonchev–Trinajstić information content (AvgIpc) is 3.09. The molecule has 2 aromatic rings. The van der Waals surface area contributed by atoms with Crippen LogP contribution in [0.2, 0.25) is 0 Å². The zero-order valence-corrected chi connectivity index (χ0v) is 14.3. The standard InChI is InChI=1S/C16H19F3N4O3/c1-3-8-25-20-9-10(2)21-14(24)12-6-4-11(5-7-12)13-22-15(26-23-13)16(17,18)19/h4-7,10,20H,3,8-9H2,1-2H3,(H,21,24). The minimum Gasteiger partial charge on any atom is -0.348 e.